The highest BCUT2D eigenvalue weighted by molar-refractivity contribution is 5.76. The van der Waals surface area contributed by atoms with Crippen molar-refractivity contribution >= 4 is 5.91 Å². The molecule has 1 aliphatic rings. The van der Waals surface area contributed by atoms with Crippen molar-refractivity contribution in [2.75, 3.05) is 32.8 Å². The van der Waals surface area contributed by atoms with Crippen molar-refractivity contribution in [3.63, 3.8) is 0 Å². The van der Waals surface area contributed by atoms with E-state index in [1.807, 2.05) is 37.3 Å². The molecular formula is C18H24N4O3. The van der Waals surface area contributed by atoms with Crippen LogP contribution in [0.5, 0.6) is 0 Å². The van der Waals surface area contributed by atoms with Crippen LogP contribution in [0.15, 0.2) is 34.7 Å². The summed E-state index contributed by atoms with van der Waals surface area (Å²) in [5.74, 6) is 0.965. The van der Waals surface area contributed by atoms with Crippen molar-refractivity contribution in [1.82, 2.24) is 20.4 Å². The van der Waals surface area contributed by atoms with Crippen molar-refractivity contribution in [3.8, 4) is 11.5 Å². The second kappa shape index (κ2) is 8.73. The quantitative estimate of drug-likeness (QED) is 0.820. The number of ether oxygens (including phenoxy) is 1. The van der Waals surface area contributed by atoms with Crippen molar-refractivity contribution in [2.24, 2.45) is 0 Å². The standard InChI is InChI=1S/C18H24N4O3/c1-14(13-22-9-11-24-12-10-22)19-16(23)7-8-17-20-21-18(25-17)15-5-3-2-4-6-15/h2-6,14H,7-13H2,1H3,(H,19,23). The number of hydrogen-bond acceptors (Lipinski definition) is 6. The molecule has 0 radical (unpaired) electrons. The van der Waals surface area contributed by atoms with Gasteiger partial charge in [-0.15, -0.1) is 10.2 Å². The molecule has 0 bridgehead atoms. The Morgan fingerprint density at radius 2 is 2.00 bits per heavy atom. The molecule has 2 aromatic rings. The van der Waals surface area contributed by atoms with E-state index in [2.05, 4.69) is 20.4 Å². The molecule has 1 unspecified atom stereocenters. The highest BCUT2D eigenvalue weighted by Crippen LogP contribution is 2.17. The number of nitrogens with zero attached hydrogens (tertiary/aromatic N) is 3. The molecule has 1 aromatic heterocycles. The largest absolute Gasteiger partial charge is 0.421 e. The fourth-order valence-electron chi connectivity index (χ4n) is 2.84. The SMILES string of the molecule is CC(CN1CCOCC1)NC(=O)CCc1nnc(-c2ccccc2)o1. The van der Waals surface area contributed by atoms with Crippen LogP contribution in [0.1, 0.15) is 19.2 Å². The summed E-state index contributed by atoms with van der Waals surface area (Å²) < 4.78 is 11.0. The molecule has 0 aliphatic carbocycles. The molecule has 2 heterocycles. The van der Waals surface area contributed by atoms with Gasteiger partial charge in [-0.05, 0) is 19.1 Å². The summed E-state index contributed by atoms with van der Waals surface area (Å²) in [5.41, 5.74) is 0.879. The molecule has 1 N–H and O–H groups in total. The number of amides is 1. The third kappa shape index (κ3) is 5.37. The number of aryl methyl sites for hydroxylation is 1. The van der Waals surface area contributed by atoms with Gasteiger partial charge >= 0.3 is 0 Å². The second-order valence-electron chi connectivity index (χ2n) is 6.25. The Kier molecular flexibility index (Phi) is 6.14. The first-order valence-corrected chi connectivity index (χ1v) is 8.68. The van der Waals surface area contributed by atoms with Crippen LogP contribution >= 0.6 is 0 Å². The molecule has 1 fully saturated rings. The van der Waals surface area contributed by atoms with Gasteiger partial charge in [0.05, 0.1) is 13.2 Å². The number of morpholine rings is 1. The van der Waals surface area contributed by atoms with Crippen molar-refractivity contribution in [2.45, 2.75) is 25.8 Å². The van der Waals surface area contributed by atoms with Crippen LogP contribution in [0.2, 0.25) is 0 Å². The highest BCUT2D eigenvalue weighted by atomic mass is 16.5. The smallest absolute Gasteiger partial charge is 0.247 e. The van der Waals surface area contributed by atoms with E-state index < -0.39 is 0 Å². The Bertz CT molecular complexity index is 668. The lowest BCUT2D eigenvalue weighted by Crippen LogP contribution is -2.46. The van der Waals surface area contributed by atoms with E-state index in [1.54, 1.807) is 0 Å². The maximum Gasteiger partial charge on any atom is 0.247 e. The van der Waals surface area contributed by atoms with Gasteiger partial charge in [0.1, 0.15) is 0 Å². The number of benzene rings is 1. The summed E-state index contributed by atoms with van der Waals surface area (Å²) in [5, 5.41) is 11.1. The summed E-state index contributed by atoms with van der Waals surface area (Å²) in [7, 11) is 0. The zero-order valence-electron chi connectivity index (χ0n) is 14.5. The molecule has 0 saturated carbocycles. The summed E-state index contributed by atoms with van der Waals surface area (Å²) >= 11 is 0. The average molecular weight is 344 g/mol. The van der Waals surface area contributed by atoms with Gasteiger partial charge in [0.15, 0.2) is 0 Å². The van der Waals surface area contributed by atoms with Gasteiger partial charge in [-0.1, -0.05) is 18.2 Å². The highest BCUT2D eigenvalue weighted by Gasteiger charge is 2.16. The van der Waals surface area contributed by atoms with E-state index >= 15 is 0 Å². The number of nitrogens with one attached hydrogen (secondary N) is 1. The van der Waals surface area contributed by atoms with Gasteiger partial charge in [0, 0.05) is 44.1 Å². The van der Waals surface area contributed by atoms with E-state index in [-0.39, 0.29) is 11.9 Å². The summed E-state index contributed by atoms with van der Waals surface area (Å²) in [6, 6.07) is 9.70. The van der Waals surface area contributed by atoms with E-state index in [1.165, 1.54) is 0 Å². The summed E-state index contributed by atoms with van der Waals surface area (Å²) in [6.45, 7) is 6.24. The Hall–Kier alpha value is -2.25. The molecule has 7 nitrogen and oxygen atoms in total. The number of rotatable bonds is 7. The maximum absolute atomic E-state index is 12.1. The predicted octanol–water partition coefficient (Wildman–Crippen LogP) is 1.51. The topological polar surface area (TPSA) is 80.5 Å². The first kappa shape index (κ1) is 17.6. The Balaban J connectivity index is 1.42. The third-order valence-corrected chi connectivity index (χ3v) is 4.10. The minimum absolute atomic E-state index is 0.000204. The van der Waals surface area contributed by atoms with Crippen LogP contribution in [0.3, 0.4) is 0 Å². The van der Waals surface area contributed by atoms with Gasteiger partial charge in [0.25, 0.3) is 0 Å². The minimum atomic E-state index is 0.000204. The molecule has 25 heavy (non-hydrogen) atoms. The molecule has 7 heteroatoms. The van der Waals surface area contributed by atoms with Crippen LogP contribution in [-0.2, 0) is 16.0 Å². The zero-order chi connectivity index (χ0) is 17.5. The van der Waals surface area contributed by atoms with Crippen LogP contribution in [0, 0.1) is 0 Å². The molecule has 1 atom stereocenters. The van der Waals surface area contributed by atoms with Crippen molar-refractivity contribution in [1.29, 1.82) is 0 Å². The van der Waals surface area contributed by atoms with E-state index in [0.29, 0.717) is 24.6 Å². The van der Waals surface area contributed by atoms with Crippen LogP contribution in [0.4, 0.5) is 0 Å². The van der Waals surface area contributed by atoms with Gasteiger partial charge in [-0.25, -0.2) is 0 Å². The van der Waals surface area contributed by atoms with Gasteiger partial charge in [0.2, 0.25) is 17.7 Å². The third-order valence-electron chi connectivity index (χ3n) is 4.10. The lowest BCUT2D eigenvalue weighted by molar-refractivity contribution is -0.121. The number of carbonyl (C=O) groups excluding carboxylic acids is 1. The van der Waals surface area contributed by atoms with Gasteiger partial charge in [-0.3, -0.25) is 9.69 Å². The average Bonchev–Trinajstić information content (AvgIpc) is 3.10. The van der Waals surface area contributed by atoms with Crippen LogP contribution < -0.4 is 5.32 Å². The van der Waals surface area contributed by atoms with E-state index in [0.717, 1.165) is 38.4 Å². The predicted molar refractivity (Wildman–Crippen MR) is 92.9 cm³/mol. The number of carbonyl (C=O) groups is 1. The van der Waals surface area contributed by atoms with Crippen LogP contribution in [0.25, 0.3) is 11.5 Å². The molecule has 0 spiro atoms. The lowest BCUT2D eigenvalue weighted by Gasteiger charge is -2.29. The Morgan fingerprint density at radius 1 is 1.24 bits per heavy atom. The fraction of sp³-hybridized carbons (Fsp3) is 0.500. The monoisotopic (exact) mass is 344 g/mol. The normalized spacial score (nSPS) is 16.5. The molecule has 134 valence electrons. The first-order valence-electron chi connectivity index (χ1n) is 8.68. The van der Waals surface area contributed by atoms with Crippen molar-refractivity contribution < 1.29 is 13.9 Å². The Morgan fingerprint density at radius 3 is 2.76 bits per heavy atom. The second-order valence-corrected chi connectivity index (χ2v) is 6.25. The van der Waals surface area contributed by atoms with E-state index in [9.17, 15) is 4.79 Å². The van der Waals surface area contributed by atoms with Crippen LogP contribution in [-0.4, -0.2) is 59.9 Å². The molecule has 1 aliphatic heterocycles. The minimum Gasteiger partial charge on any atom is -0.421 e. The lowest BCUT2D eigenvalue weighted by atomic mass is 10.2. The molecular weight excluding hydrogens is 320 g/mol. The van der Waals surface area contributed by atoms with Crippen molar-refractivity contribution in [3.05, 3.63) is 36.2 Å². The summed E-state index contributed by atoms with van der Waals surface area (Å²) in [6.07, 6.45) is 0.778. The summed E-state index contributed by atoms with van der Waals surface area (Å²) in [4.78, 5) is 14.4. The first-order chi connectivity index (χ1) is 12.2. The van der Waals surface area contributed by atoms with E-state index in [4.69, 9.17) is 9.15 Å². The zero-order valence-corrected chi connectivity index (χ0v) is 14.5. The molecule has 1 saturated heterocycles. The van der Waals surface area contributed by atoms with Gasteiger partial charge in [-0.2, -0.15) is 0 Å². The fourth-order valence-corrected chi connectivity index (χ4v) is 2.84. The Labute approximate surface area is 147 Å². The molecule has 1 aromatic carbocycles. The van der Waals surface area contributed by atoms with Gasteiger partial charge < -0.3 is 14.5 Å². The number of hydrogen-bond donors (Lipinski definition) is 1. The maximum atomic E-state index is 12.1. The molecule has 1 amide bonds. The number of aromatic nitrogens is 2. The molecule has 3 rings (SSSR count).